The Morgan fingerprint density at radius 2 is 2.10 bits per heavy atom. The Labute approximate surface area is 127 Å². The summed E-state index contributed by atoms with van der Waals surface area (Å²) in [6.07, 6.45) is -0.735. The summed E-state index contributed by atoms with van der Waals surface area (Å²) in [5.74, 6) is -0.0170. The van der Waals surface area contributed by atoms with Crippen LogP contribution in [0.4, 0.5) is 4.39 Å². The molecular formula is C16H13ClFNO2. The summed E-state index contributed by atoms with van der Waals surface area (Å²) in [7, 11) is 0. The van der Waals surface area contributed by atoms with E-state index in [4.69, 9.17) is 21.6 Å². The Kier molecular flexibility index (Phi) is 4.79. The molecule has 0 radical (unpaired) electrons. The molecule has 2 aromatic rings. The zero-order valence-corrected chi connectivity index (χ0v) is 12.1. The molecule has 0 heterocycles. The van der Waals surface area contributed by atoms with Gasteiger partial charge in [-0.05, 0) is 48.9 Å². The van der Waals surface area contributed by atoms with E-state index in [0.717, 1.165) is 6.07 Å². The zero-order chi connectivity index (χ0) is 15.4. The molecule has 0 aliphatic rings. The standard InChI is InChI=1S/C16H13ClFNO2/c1-10(20)15-7-13(17)2-3-16(15)21-9-12-4-11(8-19)5-14(18)6-12/h2-7,10,20H,9H2,1H3. The lowest BCUT2D eigenvalue weighted by Gasteiger charge is -2.14. The van der Waals surface area contributed by atoms with Gasteiger partial charge in [0, 0.05) is 10.6 Å². The summed E-state index contributed by atoms with van der Waals surface area (Å²) < 4.78 is 18.9. The van der Waals surface area contributed by atoms with Crippen molar-refractivity contribution in [1.82, 2.24) is 0 Å². The first-order valence-corrected chi connectivity index (χ1v) is 6.67. The average molecular weight is 306 g/mol. The molecule has 2 aromatic carbocycles. The number of hydrogen-bond donors (Lipinski definition) is 1. The molecule has 1 unspecified atom stereocenters. The quantitative estimate of drug-likeness (QED) is 0.929. The summed E-state index contributed by atoms with van der Waals surface area (Å²) >= 11 is 5.89. The van der Waals surface area contributed by atoms with Gasteiger partial charge in [-0.2, -0.15) is 5.26 Å². The van der Waals surface area contributed by atoms with E-state index < -0.39 is 11.9 Å². The number of aliphatic hydroxyl groups is 1. The number of nitrogens with zero attached hydrogens (tertiary/aromatic N) is 1. The highest BCUT2D eigenvalue weighted by atomic mass is 35.5. The van der Waals surface area contributed by atoms with Crippen molar-refractivity contribution in [2.24, 2.45) is 0 Å². The molecule has 21 heavy (non-hydrogen) atoms. The largest absolute Gasteiger partial charge is 0.489 e. The molecule has 3 nitrogen and oxygen atoms in total. The molecule has 0 aromatic heterocycles. The van der Waals surface area contributed by atoms with Crippen LogP contribution in [-0.4, -0.2) is 5.11 Å². The minimum atomic E-state index is -0.735. The molecule has 1 atom stereocenters. The van der Waals surface area contributed by atoms with E-state index in [-0.39, 0.29) is 12.2 Å². The van der Waals surface area contributed by atoms with Crippen molar-refractivity contribution in [2.75, 3.05) is 0 Å². The van der Waals surface area contributed by atoms with Gasteiger partial charge in [-0.25, -0.2) is 4.39 Å². The fourth-order valence-corrected chi connectivity index (χ4v) is 2.12. The molecule has 0 saturated heterocycles. The minimum absolute atomic E-state index is 0.0911. The molecule has 0 saturated carbocycles. The Hall–Kier alpha value is -2.09. The van der Waals surface area contributed by atoms with Gasteiger partial charge in [-0.3, -0.25) is 0 Å². The number of ether oxygens (including phenoxy) is 1. The lowest BCUT2D eigenvalue weighted by Crippen LogP contribution is -2.01. The first-order chi connectivity index (χ1) is 9.99. The van der Waals surface area contributed by atoms with Gasteiger partial charge >= 0.3 is 0 Å². The van der Waals surface area contributed by atoms with Gasteiger partial charge in [0.25, 0.3) is 0 Å². The minimum Gasteiger partial charge on any atom is -0.489 e. The lowest BCUT2D eigenvalue weighted by atomic mass is 10.1. The van der Waals surface area contributed by atoms with E-state index in [9.17, 15) is 9.50 Å². The van der Waals surface area contributed by atoms with Crippen LogP contribution in [0.25, 0.3) is 0 Å². The maximum absolute atomic E-state index is 13.3. The van der Waals surface area contributed by atoms with Crippen molar-refractivity contribution < 1.29 is 14.2 Å². The normalized spacial score (nSPS) is 11.8. The number of nitriles is 1. The van der Waals surface area contributed by atoms with Gasteiger partial charge in [0.05, 0.1) is 17.7 Å². The second-order valence-corrected chi connectivity index (χ2v) is 5.04. The van der Waals surface area contributed by atoms with Gasteiger partial charge in [-0.15, -0.1) is 0 Å². The van der Waals surface area contributed by atoms with E-state index in [2.05, 4.69) is 0 Å². The third-order valence-electron chi connectivity index (χ3n) is 2.90. The Balaban J connectivity index is 2.21. The summed E-state index contributed by atoms with van der Waals surface area (Å²) in [6, 6.07) is 10.8. The summed E-state index contributed by atoms with van der Waals surface area (Å²) in [4.78, 5) is 0. The molecule has 5 heteroatoms. The van der Waals surface area contributed by atoms with E-state index in [1.165, 1.54) is 6.07 Å². The number of rotatable bonds is 4. The van der Waals surface area contributed by atoms with Crippen LogP contribution in [0.5, 0.6) is 5.75 Å². The number of halogens is 2. The fraction of sp³-hybridized carbons (Fsp3) is 0.188. The van der Waals surface area contributed by atoms with E-state index in [1.807, 2.05) is 6.07 Å². The SMILES string of the molecule is CC(O)c1cc(Cl)ccc1OCc1cc(F)cc(C#N)c1. The molecule has 0 aliphatic heterocycles. The Morgan fingerprint density at radius 1 is 1.33 bits per heavy atom. The highest BCUT2D eigenvalue weighted by Gasteiger charge is 2.10. The van der Waals surface area contributed by atoms with E-state index in [0.29, 0.717) is 21.9 Å². The maximum atomic E-state index is 13.3. The van der Waals surface area contributed by atoms with Crippen LogP contribution in [0.15, 0.2) is 36.4 Å². The van der Waals surface area contributed by atoms with Crippen LogP contribution in [0.3, 0.4) is 0 Å². The summed E-state index contributed by atoms with van der Waals surface area (Å²) in [5.41, 5.74) is 1.33. The van der Waals surface area contributed by atoms with Crippen LogP contribution < -0.4 is 4.74 Å². The molecule has 2 rings (SSSR count). The zero-order valence-electron chi connectivity index (χ0n) is 11.3. The highest BCUT2D eigenvalue weighted by Crippen LogP contribution is 2.29. The van der Waals surface area contributed by atoms with Crippen molar-refractivity contribution in [3.8, 4) is 11.8 Å². The first kappa shape index (κ1) is 15.3. The van der Waals surface area contributed by atoms with Crippen LogP contribution >= 0.6 is 11.6 Å². The lowest BCUT2D eigenvalue weighted by molar-refractivity contribution is 0.190. The molecule has 0 amide bonds. The van der Waals surface area contributed by atoms with Crippen molar-refractivity contribution >= 4 is 11.6 Å². The van der Waals surface area contributed by atoms with E-state index >= 15 is 0 Å². The molecular weight excluding hydrogens is 293 g/mol. The third-order valence-corrected chi connectivity index (χ3v) is 3.14. The van der Waals surface area contributed by atoms with Crippen LogP contribution in [0.2, 0.25) is 5.02 Å². The van der Waals surface area contributed by atoms with Gasteiger partial charge in [0.1, 0.15) is 18.2 Å². The smallest absolute Gasteiger partial charge is 0.125 e. The maximum Gasteiger partial charge on any atom is 0.125 e. The number of aliphatic hydroxyl groups excluding tert-OH is 1. The molecule has 0 aliphatic carbocycles. The van der Waals surface area contributed by atoms with Crippen LogP contribution in [0, 0.1) is 17.1 Å². The summed E-state index contributed by atoms with van der Waals surface area (Å²) in [5, 5.41) is 19.0. The number of benzene rings is 2. The van der Waals surface area contributed by atoms with Crippen LogP contribution in [-0.2, 0) is 6.61 Å². The van der Waals surface area contributed by atoms with Gasteiger partial charge in [0.15, 0.2) is 0 Å². The van der Waals surface area contributed by atoms with Crippen molar-refractivity contribution in [2.45, 2.75) is 19.6 Å². The summed E-state index contributed by atoms with van der Waals surface area (Å²) in [6.45, 7) is 1.70. The monoisotopic (exact) mass is 305 g/mol. The second kappa shape index (κ2) is 6.57. The predicted molar refractivity (Wildman–Crippen MR) is 77.5 cm³/mol. The van der Waals surface area contributed by atoms with Crippen molar-refractivity contribution in [1.29, 1.82) is 5.26 Å². The highest BCUT2D eigenvalue weighted by molar-refractivity contribution is 6.30. The molecule has 0 spiro atoms. The molecule has 1 N–H and O–H groups in total. The average Bonchev–Trinajstić information content (AvgIpc) is 2.45. The molecule has 0 bridgehead atoms. The Morgan fingerprint density at radius 3 is 2.76 bits per heavy atom. The fourth-order valence-electron chi connectivity index (χ4n) is 1.94. The van der Waals surface area contributed by atoms with Crippen molar-refractivity contribution in [3.63, 3.8) is 0 Å². The number of hydrogen-bond acceptors (Lipinski definition) is 3. The third kappa shape index (κ3) is 3.94. The Bertz CT molecular complexity index is 695. The van der Waals surface area contributed by atoms with Gasteiger partial charge in [0.2, 0.25) is 0 Å². The predicted octanol–water partition coefficient (Wildman–Crippen LogP) is 3.98. The van der Waals surface area contributed by atoms with Crippen molar-refractivity contribution in [3.05, 3.63) is 63.9 Å². The molecule has 108 valence electrons. The topological polar surface area (TPSA) is 53.2 Å². The van der Waals surface area contributed by atoms with Gasteiger partial charge < -0.3 is 9.84 Å². The van der Waals surface area contributed by atoms with Gasteiger partial charge in [-0.1, -0.05) is 11.6 Å². The second-order valence-electron chi connectivity index (χ2n) is 4.61. The first-order valence-electron chi connectivity index (χ1n) is 6.29. The van der Waals surface area contributed by atoms with Crippen LogP contribution in [0.1, 0.15) is 29.7 Å². The molecule has 0 fully saturated rings. The van der Waals surface area contributed by atoms with E-state index in [1.54, 1.807) is 31.2 Å².